The summed E-state index contributed by atoms with van der Waals surface area (Å²) in [5, 5.41) is 0.572. The number of carbonyl (C=O) groups excluding carboxylic acids is 1. The number of halogens is 1. The van der Waals surface area contributed by atoms with E-state index in [-0.39, 0.29) is 24.0 Å². The molecular weight excluding hydrogens is 364 g/mol. The molecule has 0 radical (unpaired) electrons. The van der Waals surface area contributed by atoms with Gasteiger partial charge >= 0.3 is 0 Å². The van der Waals surface area contributed by atoms with E-state index in [4.69, 9.17) is 16.0 Å². The van der Waals surface area contributed by atoms with E-state index in [1.54, 1.807) is 41.3 Å². The van der Waals surface area contributed by atoms with E-state index in [1.807, 2.05) is 0 Å². The van der Waals surface area contributed by atoms with E-state index >= 15 is 0 Å². The van der Waals surface area contributed by atoms with E-state index in [1.165, 1.54) is 10.6 Å². The lowest BCUT2D eigenvalue weighted by Crippen LogP contribution is -2.37. The van der Waals surface area contributed by atoms with Crippen molar-refractivity contribution in [3.8, 4) is 0 Å². The highest BCUT2D eigenvalue weighted by molar-refractivity contribution is 7.88. The standard InChI is InChI=1S/C17H19ClN2O4S/c18-15-6-4-14(5-7-15)13-25(22,23)20-9-2-8-19(10-11-20)17(21)16-3-1-12-24-16/h1,3-7,12H,2,8-11,13H2. The van der Waals surface area contributed by atoms with Crippen molar-refractivity contribution in [3.05, 3.63) is 59.0 Å². The maximum absolute atomic E-state index is 12.7. The highest BCUT2D eigenvalue weighted by Crippen LogP contribution is 2.17. The highest BCUT2D eigenvalue weighted by atomic mass is 35.5. The molecule has 0 saturated carbocycles. The van der Waals surface area contributed by atoms with Gasteiger partial charge in [-0.15, -0.1) is 0 Å². The Balaban J connectivity index is 1.65. The number of sulfonamides is 1. The first-order chi connectivity index (χ1) is 12.0. The van der Waals surface area contributed by atoms with Gasteiger partial charge < -0.3 is 9.32 Å². The number of rotatable bonds is 4. The van der Waals surface area contributed by atoms with Crippen LogP contribution in [0.2, 0.25) is 5.02 Å². The number of carbonyl (C=O) groups is 1. The highest BCUT2D eigenvalue weighted by Gasteiger charge is 2.28. The fraction of sp³-hybridized carbons (Fsp3) is 0.353. The summed E-state index contributed by atoms with van der Waals surface area (Å²) in [5.41, 5.74) is 0.692. The molecule has 6 nitrogen and oxygen atoms in total. The van der Waals surface area contributed by atoms with Crippen LogP contribution in [0.5, 0.6) is 0 Å². The van der Waals surface area contributed by atoms with Crippen LogP contribution < -0.4 is 0 Å². The van der Waals surface area contributed by atoms with Crippen LogP contribution in [0.1, 0.15) is 22.5 Å². The summed E-state index contributed by atoms with van der Waals surface area (Å²) in [5.74, 6) is -0.00421. The van der Waals surface area contributed by atoms with Gasteiger partial charge in [0.05, 0.1) is 12.0 Å². The van der Waals surface area contributed by atoms with Crippen molar-refractivity contribution in [2.24, 2.45) is 0 Å². The monoisotopic (exact) mass is 382 g/mol. The second-order valence-corrected chi connectivity index (χ2v) is 8.31. The zero-order chi connectivity index (χ0) is 17.9. The largest absolute Gasteiger partial charge is 0.459 e. The molecule has 1 aromatic carbocycles. The SMILES string of the molecule is O=C(c1ccco1)N1CCCN(S(=O)(=O)Cc2ccc(Cl)cc2)CC1. The van der Waals surface area contributed by atoms with Gasteiger partial charge in [0.1, 0.15) is 0 Å². The number of hydrogen-bond donors (Lipinski definition) is 0. The molecule has 1 aliphatic rings. The fourth-order valence-corrected chi connectivity index (χ4v) is 4.50. The molecule has 8 heteroatoms. The van der Waals surface area contributed by atoms with Gasteiger partial charge in [0.2, 0.25) is 10.0 Å². The molecule has 1 fully saturated rings. The van der Waals surface area contributed by atoms with Crippen molar-refractivity contribution in [1.82, 2.24) is 9.21 Å². The third-order valence-electron chi connectivity index (χ3n) is 4.13. The molecule has 0 spiro atoms. The zero-order valence-electron chi connectivity index (χ0n) is 13.6. The quantitative estimate of drug-likeness (QED) is 0.814. The number of amides is 1. The van der Waals surface area contributed by atoms with Crippen molar-refractivity contribution in [3.63, 3.8) is 0 Å². The molecule has 0 N–H and O–H groups in total. The van der Waals surface area contributed by atoms with Gasteiger partial charge in [-0.3, -0.25) is 4.79 Å². The Kier molecular flexibility index (Phi) is 5.46. The van der Waals surface area contributed by atoms with Crippen molar-refractivity contribution >= 4 is 27.5 Å². The lowest BCUT2D eigenvalue weighted by Gasteiger charge is -2.21. The van der Waals surface area contributed by atoms with Gasteiger partial charge in [-0.2, -0.15) is 4.31 Å². The van der Waals surface area contributed by atoms with Gasteiger partial charge in [-0.05, 0) is 36.2 Å². The zero-order valence-corrected chi connectivity index (χ0v) is 15.2. The predicted molar refractivity (Wildman–Crippen MR) is 94.9 cm³/mol. The molecule has 0 unspecified atom stereocenters. The molecule has 0 aliphatic carbocycles. The van der Waals surface area contributed by atoms with Crippen LogP contribution in [-0.2, 0) is 15.8 Å². The summed E-state index contributed by atoms with van der Waals surface area (Å²) in [4.78, 5) is 14.0. The van der Waals surface area contributed by atoms with Crippen LogP contribution in [0, 0.1) is 0 Å². The van der Waals surface area contributed by atoms with Gasteiger partial charge in [0.25, 0.3) is 5.91 Å². The molecule has 0 bridgehead atoms. The molecule has 1 aliphatic heterocycles. The van der Waals surface area contributed by atoms with Crippen molar-refractivity contribution in [2.45, 2.75) is 12.2 Å². The summed E-state index contributed by atoms with van der Waals surface area (Å²) in [6.07, 6.45) is 2.04. The topological polar surface area (TPSA) is 70.8 Å². The second kappa shape index (κ2) is 7.59. The molecule has 3 rings (SSSR count). The molecule has 2 heterocycles. The van der Waals surface area contributed by atoms with E-state index < -0.39 is 10.0 Å². The normalized spacial score (nSPS) is 16.6. The van der Waals surface area contributed by atoms with Gasteiger partial charge in [0.15, 0.2) is 5.76 Å². The lowest BCUT2D eigenvalue weighted by atomic mass is 10.2. The average Bonchev–Trinajstić information content (AvgIpc) is 3.00. The summed E-state index contributed by atoms with van der Waals surface area (Å²) in [6.45, 7) is 1.53. The molecule has 0 atom stereocenters. The minimum atomic E-state index is -3.45. The Morgan fingerprint density at radius 2 is 1.84 bits per heavy atom. The van der Waals surface area contributed by atoms with Crippen LogP contribution in [0.4, 0.5) is 0 Å². The van der Waals surface area contributed by atoms with Crippen LogP contribution in [0.25, 0.3) is 0 Å². The first kappa shape index (κ1) is 18.0. The number of hydrogen-bond acceptors (Lipinski definition) is 4. The van der Waals surface area contributed by atoms with Gasteiger partial charge in [0, 0.05) is 31.2 Å². The maximum atomic E-state index is 12.7. The molecule has 1 saturated heterocycles. The first-order valence-corrected chi connectivity index (χ1v) is 9.99. The third kappa shape index (κ3) is 4.42. The van der Waals surface area contributed by atoms with E-state index in [9.17, 15) is 13.2 Å². The van der Waals surface area contributed by atoms with Crippen molar-refractivity contribution < 1.29 is 17.6 Å². The Hall–Kier alpha value is -1.83. The number of nitrogens with zero attached hydrogens (tertiary/aromatic N) is 2. The van der Waals surface area contributed by atoms with Crippen LogP contribution in [-0.4, -0.2) is 49.7 Å². The number of furan rings is 1. The summed E-state index contributed by atoms with van der Waals surface area (Å²) >= 11 is 5.84. The summed E-state index contributed by atoms with van der Waals surface area (Å²) in [7, 11) is -3.45. The number of benzene rings is 1. The minimum absolute atomic E-state index is 0.0731. The second-order valence-electron chi connectivity index (χ2n) is 5.90. The molecule has 25 heavy (non-hydrogen) atoms. The average molecular weight is 383 g/mol. The van der Waals surface area contributed by atoms with Crippen molar-refractivity contribution in [1.29, 1.82) is 0 Å². The van der Waals surface area contributed by atoms with E-state index in [2.05, 4.69) is 0 Å². The lowest BCUT2D eigenvalue weighted by molar-refractivity contribution is 0.0732. The Morgan fingerprint density at radius 1 is 1.08 bits per heavy atom. The molecule has 1 amide bonds. The Bertz CT molecular complexity index is 819. The predicted octanol–water partition coefficient (Wildman–Crippen LogP) is 2.61. The van der Waals surface area contributed by atoms with Crippen LogP contribution >= 0.6 is 11.6 Å². The Labute approximate surface area is 152 Å². The molecule has 134 valence electrons. The minimum Gasteiger partial charge on any atom is -0.459 e. The van der Waals surface area contributed by atoms with Crippen molar-refractivity contribution in [2.75, 3.05) is 26.2 Å². The summed E-state index contributed by atoms with van der Waals surface area (Å²) < 4.78 is 31.9. The molecule has 2 aromatic rings. The first-order valence-electron chi connectivity index (χ1n) is 8.01. The van der Waals surface area contributed by atoms with Crippen LogP contribution in [0.3, 0.4) is 0 Å². The van der Waals surface area contributed by atoms with E-state index in [0.717, 1.165) is 0 Å². The van der Waals surface area contributed by atoms with Gasteiger partial charge in [-0.25, -0.2) is 8.42 Å². The molecular formula is C17H19ClN2O4S. The Morgan fingerprint density at radius 3 is 2.52 bits per heavy atom. The smallest absolute Gasteiger partial charge is 0.289 e. The van der Waals surface area contributed by atoms with Crippen LogP contribution in [0.15, 0.2) is 47.1 Å². The van der Waals surface area contributed by atoms with Gasteiger partial charge in [-0.1, -0.05) is 23.7 Å². The maximum Gasteiger partial charge on any atom is 0.289 e. The fourth-order valence-electron chi connectivity index (χ4n) is 2.81. The molecule has 1 aromatic heterocycles. The van der Waals surface area contributed by atoms with E-state index in [0.29, 0.717) is 36.6 Å². The third-order valence-corrected chi connectivity index (χ3v) is 6.23. The summed E-state index contributed by atoms with van der Waals surface area (Å²) in [6, 6.07) is 10.1.